The largest absolute Gasteiger partial charge is 0.508 e. The number of hydrogen-bond acceptors (Lipinski definition) is 3. The molecule has 3 heteroatoms. The van der Waals surface area contributed by atoms with Crippen molar-refractivity contribution in [2.75, 3.05) is 25.5 Å². The Balaban J connectivity index is 2.21. The molecule has 0 aliphatic carbocycles. The summed E-state index contributed by atoms with van der Waals surface area (Å²) in [6.07, 6.45) is 2.76. The molecule has 0 bridgehead atoms. The van der Waals surface area contributed by atoms with Gasteiger partial charge in [-0.25, -0.2) is 0 Å². The number of rotatable bonds is 1. The van der Waals surface area contributed by atoms with Crippen molar-refractivity contribution in [1.29, 1.82) is 0 Å². The molecule has 2 aliphatic heterocycles. The van der Waals surface area contributed by atoms with Gasteiger partial charge < -0.3 is 10.0 Å². The quantitative estimate of drug-likeness (QED) is 0.803. The van der Waals surface area contributed by atoms with Gasteiger partial charge in [0.25, 0.3) is 0 Å². The van der Waals surface area contributed by atoms with Crippen LogP contribution in [-0.2, 0) is 5.41 Å². The smallest absolute Gasteiger partial charge is 0.116 e. The molecule has 2 unspecified atom stereocenters. The van der Waals surface area contributed by atoms with Crippen molar-refractivity contribution >= 4 is 5.69 Å². The lowest BCUT2D eigenvalue weighted by Gasteiger charge is -2.34. The second kappa shape index (κ2) is 3.39. The first-order valence-electron chi connectivity index (χ1n) is 6.37. The predicted octanol–water partition coefficient (Wildman–Crippen LogP) is 2.15. The van der Waals surface area contributed by atoms with Crippen LogP contribution in [0.4, 0.5) is 5.69 Å². The first-order chi connectivity index (χ1) is 8.10. The number of phenols is 1. The Hall–Kier alpha value is -1.22. The zero-order chi connectivity index (χ0) is 12.2. The van der Waals surface area contributed by atoms with E-state index in [1.807, 2.05) is 12.1 Å². The Morgan fingerprint density at radius 1 is 1.41 bits per heavy atom. The standard InChI is InChI=1S/C14H20N2O/c1-4-14-7-8-15(2)13(14)16(3)12-6-5-10(17)9-11(12)14/h5-6,9,13,17H,4,7-8H2,1-3H3. The number of likely N-dealkylation sites (tertiary alicyclic amines) is 1. The van der Waals surface area contributed by atoms with Gasteiger partial charge in [0.2, 0.25) is 0 Å². The normalized spacial score (nSPS) is 31.7. The van der Waals surface area contributed by atoms with Crippen LogP contribution in [0.3, 0.4) is 0 Å². The number of hydrogen-bond donors (Lipinski definition) is 1. The first-order valence-corrected chi connectivity index (χ1v) is 6.37. The summed E-state index contributed by atoms with van der Waals surface area (Å²) in [6.45, 7) is 3.40. The zero-order valence-corrected chi connectivity index (χ0v) is 10.8. The van der Waals surface area contributed by atoms with Gasteiger partial charge in [0, 0.05) is 24.7 Å². The molecule has 0 radical (unpaired) electrons. The maximum Gasteiger partial charge on any atom is 0.116 e. The van der Waals surface area contributed by atoms with Crippen molar-refractivity contribution in [3.05, 3.63) is 23.8 Å². The molecule has 0 amide bonds. The molecule has 2 aliphatic rings. The lowest BCUT2D eigenvalue weighted by molar-refractivity contribution is 0.252. The van der Waals surface area contributed by atoms with Crippen LogP contribution in [0.25, 0.3) is 0 Å². The average molecular weight is 232 g/mol. The third-order valence-electron chi connectivity index (χ3n) is 4.72. The van der Waals surface area contributed by atoms with E-state index in [0.717, 1.165) is 13.0 Å². The summed E-state index contributed by atoms with van der Waals surface area (Å²) in [6, 6.07) is 5.81. The van der Waals surface area contributed by atoms with Crippen molar-refractivity contribution in [3.63, 3.8) is 0 Å². The van der Waals surface area contributed by atoms with Crippen molar-refractivity contribution in [1.82, 2.24) is 4.90 Å². The van der Waals surface area contributed by atoms with Gasteiger partial charge >= 0.3 is 0 Å². The van der Waals surface area contributed by atoms with E-state index < -0.39 is 0 Å². The minimum absolute atomic E-state index is 0.206. The summed E-state index contributed by atoms with van der Waals surface area (Å²) in [7, 11) is 4.37. The molecule has 0 aromatic heterocycles. The van der Waals surface area contributed by atoms with E-state index in [1.165, 1.54) is 17.7 Å². The lowest BCUT2D eigenvalue weighted by Crippen LogP contribution is -2.46. The number of likely N-dealkylation sites (N-methyl/N-ethyl adjacent to an activating group) is 2. The molecule has 1 saturated heterocycles. The Kier molecular flexibility index (Phi) is 2.17. The lowest BCUT2D eigenvalue weighted by atomic mass is 9.77. The minimum Gasteiger partial charge on any atom is -0.508 e. The SMILES string of the molecule is CCC12CCN(C)C1N(C)c1ccc(O)cc12. The van der Waals surface area contributed by atoms with E-state index in [4.69, 9.17) is 0 Å². The van der Waals surface area contributed by atoms with E-state index in [1.54, 1.807) is 6.07 Å². The van der Waals surface area contributed by atoms with Crippen LogP contribution in [0.5, 0.6) is 5.75 Å². The van der Waals surface area contributed by atoms with Gasteiger partial charge in [-0.3, -0.25) is 4.90 Å². The number of fused-ring (bicyclic) bond motifs is 3. The van der Waals surface area contributed by atoms with E-state index in [0.29, 0.717) is 11.9 Å². The molecule has 17 heavy (non-hydrogen) atoms. The van der Waals surface area contributed by atoms with Crippen molar-refractivity contribution < 1.29 is 5.11 Å². The fourth-order valence-corrected chi connectivity index (χ4v) is 3.90. The van der Waals surface area contributed by atoms with Crippen LogP contribution < -0.4 is 4.90 Å². The Morgan fingerprint density at radius 3 is 2.88 bits per heavy atom. The summed E-state index contributed by atoms with van der Waals surface area (Å²) in [4.78, 5) is 4.80. The highest BCUT2D eigenvalue weighted by Crippen LogP contribution is 2.53. The van der Waals surface area contributed by atoms with Gasteiger partial charge in [-0.15, -0.1) is 0 Å². The summed E-state index contributed by atoms with van der Waals surface area (Å²) in [5.41, 5.74) is 2.82. The molecule has 0 saturated carbocycles. The monoisotopic (exact) mass is 232 g/mol. The van der Waals surface area contributed by atoms with Crippen molar-refractivity contribution in [2.24, 2.45) is 0 Å². The van der Waals surface area contributed by atoms with E-state index in [-0.39, 0.29) is 5.41 Å². The molecule has 92 valence electrons. The number of nitrogens with zero attached hydrogens (tertiary/aromatic N) is 2. The number of benzene rings is 1. The summed E-state index contributed by atoms with van der Waals surface area (Å²) >= 11 is 0. The third-order valence-corrected chi connectivity index (χ3v) is 4.72. The zero-order valence-electron chi connectivity index (χ0n) is 10.8. The van der Waals surface area contributed by atoms with E-state index in [2.05, 4.69) is 30.8 Å². The van der Waals surface area contributed by atoms with Gasteiger partial charge in [0.15, 0.2) is 0 Å². The Morgan fingerprint density at radius 2 is 2.18 bits per heavy atom. The molecule has 2 atom stereocenters. The molecule has 0 spiro atoms. The summed E-state index contributed by atoms with van der Waals surface area (Å²) < 4.78 is 0. The van der Waals surface area contributed by atoms with Crippen LogP contribution in [0.15, 0.2) is 18.2 Å². The fourth-order valence-electron chi connectivity index (χ4n) is 3.90. The van der Waals surface area contributed by atoms with E-state index in [9.17, 15) is 5.11 Å². The first kappa shape index (κ1) is 10.9. The van der Waals surface area contributed by atoms with Gasteiger partial charge in [0.1, 0.15) is 5.75 Å². The number of phenolic OH excluding ortho intramolecular Hbond substituents is 1. The minimum atomic E-state index is 0.206. The Labute approximate surface area is 103 Å². The molecule has 1 N–H and O–H groups in total. The maximum absolute atomic E-state index is 9.75. The van der Waals surface area contributed by atoms with Gasteiger partial charge in [0.05, 0.1) is 6.17 Å². The van der Waals surface area contributed by atoms with Crippen LogP contribution >= 0.6 is 0 Å². The molecule has 1 aromatic rings. The predicted molar refractivity (Wildman–Crippen MR) is 69.5 cm³/mol. The van der Waals surface area contributed by atoms with Gasteiger partial charge in [-0.2, -0.15) is 0 Å². The van der Waals surface area contributed by atoms with Crippen LogP contribution in [-0.4, -0.2) is 36.8 Å². The summed E-state index contributed by atoms with van der Waals surface area (Å²) in [5.74, 6) is 0.389. The highest BCUT2D eigenvalue weighted by molar-refractivity contribution is 5.66. The van der Waals surface area contributed by atoms with Gasteiger partial charge in [-0.05, 0) is 43.7 Å². The Bertz CT molecular complexity index is 460. The number of aromatic hydroxyl groups is 1. The van der Waals surface area contributed by atoms with Crippen molar-refractivity contribution in [2.45, 2.75) is 31.3 Å². The highest BCUT2D eigenvalue weighted by Gasteiger charge is 2.54. The second-order valence-corrected chi connectivity index (χ2v) is 5.43. The van der Waals surface area contributed by atoms with Crippen LogP contribution in [0.1, 0.15) is 25.3 Å². The second-order valence-electron chi connectivity index (χ2n) is 5.43. The molecule has 2 heterocycles. The molecule has 1 fully saturated rings. The average Bonchev–Trinajstić information content (AvgIpc) is 2.77. The highest BCUT2D eigenvalue weighted by atomic mass is 16.3. The molecular weight excluding hydrogens is 212 g/mol. The fraction of sp³-hybridized carbons (Fsp3) is 0.571. The molecular formula is C14H20N2O. The third kappa shape index (κ3) is 1.20. The molecule has 1 aromatic carbocycles. The van der Waals surface area contributed by atoms with Crippen LogP contribution in [0.2, 0.25) is 0 Å². The number of anilines is 1. The summed E-state index contributed by atoms with van der Waals surface area (Å²) in [5, 5.41) is 9.75. The molecule has 3 rings (SSSR count). The van der Waals surface area contributed by atoms with E-state index >= 15 is 0 Å². The van der Waals surface area contributed by atoms with Gasteiger partial charge in [-0.1, -0.05) is 6.92 Å². The van der Waals surface area contributed by atoms with Crippen molar-refractivity contribution in [3.8, 4) is 5.75 Å². The maximum atomic E-state index is 9.75. The topological polar surface area (TPSA) is 26.7 Å². The van der Waals surface area contributed by atoms with Crippen LogP contribution in [0, 0.1) is 0 Å². The molecule has 3 nitrogen and oxygen atoms in total.